The number of hydrogen-bond donors (Lipinski definition) is 2. The first-order valence-corrected chi connectivity index (χ1v) is 2.16. The fourth-order valence-corrected chi connectivity index (χ4v) is 0.263. The molecule has 0 rings (SSSR count). The van der Waals surface area contributed by atoms with E-state index < -0.39 is 21.6 Å². The molecule has 0 aliphatic carbocycles. The average Bonchev–Trinajstić information content (AvgIpc) is 1.84. The van der Waals surface area contributed by atoms with Crippen LogP contribution < -0.4 is 5.73 Å². The van der Waals surface area contributed by atoms with Crippen LogP contribution in [0.25, 0.3) is 0 Å². The maximum absolute atomic E-state index is 12.4. The summed E-state index contributed by atoms with van der Waals surface area (Å²) in [5.74, 6) is -5.95. The Kier molecular flexibility index (Phi) is 2.04. The molecule has 0 aromatic heterocycles. The van der Waals surface area contributed by atoms with Gasteiger partial charge in [0.15, 0.2) is 0 Å². The summed E-state index contributed by atoms with van der Waals surface area (Å²) in [4.78, 5) is 15.6. The largest absolute Gasteiger partial charge is 0.674 e. The lowest BCUT2D eigenvalue weighted by Crippen LogP contribution is -2.52. The smallest absolute Gasteiger partial charge is 0.372 e. The molecule has 0 bridgehead atoms. The summed E-state index contributed by atoms with van der Waals surface area (Å²) in [6.07, 6.45) is 0. The van der Waals surface area contributed by atoms with Crippen molar-refractivity contribution in [2.45, 2.75) is 5.92 Å². The lowest BCUT2D eigenvalue weighted by Gasteiger charge is -2.03. The molecule has 0 aliphatic rings. The second kappa shape index (κ2) is 2.44. The number of rotatable bonds is 3. The van der Waals surface area contributed by atoms with Crippen LogP contribution in [0.2, 0.25) is 0 Å². The van der Waals surface area contributed by atoms with Crippen molar-refractivity contribution in [3.8, 4) is 0 Å². The Morgan fingerprint density at radius 3 is 1.73 bits per heavy atom. The van der Waals surface area contributed by atoms with E-state index in [2.05, 4.69) is 5.73 Å². The third kappa shape index (κ3) is 1.20. The predicted molar refractivity (Wildman–Crippen MR) is 29.7 cm³/mol. The van der Waals surface area contributed by atoms with Crippen LogP contribution in [0.5, 0.6) is 0 Å². The number of alkyl halides is 1. The number of hydrogen-bond acceptors (Lipinski definition) is 5. The number of nitrogens with two attached hydrogens (primary N) is 1. The van der Waals surface area contributed by atoms with Gasteiger partial charge in [0.2, 0.25) is 0 Å². The van der Waals surface area contributed by atoms with Gasteiger partial charge in [0, 0.05) is 0 Å². The first-order valence-electron chi connectivity index (χ1n) is 2.16. The first-order chi connectivity index (χ1) is 4.83. The van der Waals surface area contributed by atoms with Gasteiger partial charge in [0.1, 0.15) is 9.85 Å². The molecule has 0 fully saturated rings. The Morgan fingerprint density at radius 1 is 1.45 bits per heavy atom. The summed E-state index contributed by atoms with van der Waals surface area (Å²) in [6.45, 7) is 0. The van der Waals surface area contributed by atoms with Crippen molar-refractivity contribution in [2.75, 3.05) is 0 Å². The topological polar surface area (TPSA) is 136 Å². The fourth-order valence-electron chi connectivity index (χ4n) is 0.263. The van der Waals surface area contributed by atoms with Gasteiger partial charge in [-0.3, -0.25) is 25.6 Å². The van der Waals surface area contributed by atoms with E-state index in [0.29, 0.717) is 0 Å². The van der Waals surface area contributed by atoms with Crippen molar-refractivity contribution in [1.82, 2.24) is 0 Å². The van der Waals surface area contributed by atoms with Crippen LogP contribution in [-0.4, -0.2) is 21.6 Å². The Bertz CT molecular complexity index is 190. The van der Waals surface area contributed by atoms with Crippen molar-refractivity contribution < 1.29 is 14.2 Å². The lowest BCUT2D eigenvalue weighted by atomic mass is 10.4. The standard InChI is InChI=1S/C2H3FN4O4/c3-2(1(4)5,6(8)9)7(10)11/h(H3,4,5). The highest BCUT2D eigenvalue weighted by Gasteiger charge is 2.62. The minimum Gasteiger partial charge on any atom is -0.372 e. The summed E-state index contributed by atoms with van der Waals surface area (Å²) in [7, 11) is 0. The molecule has 8 nitrogen and oxygen atoms in total. The monoisotopic (exact) mass is 166 g/mol. The van der Waals surface area contributed by atoms with Crippen molar-refractivity contribution in [2.24, 2.45) is 5.73 Å². The SMILES string of the molecule is N=C(N)C(F)([N+](=O)[O-])[N+](=O)[O-]. The van der Waals surface area contributed by atoms with Crippen LogP contribution in [0.1, 0.15) is 0 Å². The van der Waals surface area contributed by atoms with Crippen molar-refractivity contribution >= 4 is 5.84 Å². The van der Waals surface area contributed by atoms with Crippen molar-refractivity contribution in [1.29, 1.82) is 5.41 Å². The number of halogens is 1. The number of nitro groups is 2. The average molecular weight is 166 g/mol. The molecule has 0 aromatic rings. The van der Waals surface area contributed by atoms with Crippen molar-refractivity contribution in [3.05, 3.63) is 20.2 Å². The summed E-state index contributed by atoms with van der Waals surface area (Å²) >= 11 is 0. The summed E-state index contributed by atoms with van der Waals surface area (Å²) in [6, 6.07) is 0. The van der Waals surface area contributed by atoms with Gasteiger partial charge >= 0.3 is 5.92 Å². The lowest BCUT2D eigenvalue weighted by molar-refractivity contribution is -0.805. The maximum Gasteiger partial charge on any atom is 0.674 e. The van der Waals surface area contributed by atoms with Gasteiger partial charge in [-0.2, -0.15) is 0 Å². The number of nitrogens with zero attached hydrogens (tertiary/aromatic N) is 2. The summed E-state index contributed by atoms with van der Waals surface area (Å²) < 4.78 is 12.4. The zero-order valence-corrected chi connectivity index (χ0v) is 4.98. The van der Waals surface area contributed by atoms with Gasteiger partial charge in [-0.25, -0.2) is 0 Å². The Labute approximate surface area is 58.6 Å². The second-order valence-electron chi connectivity index (χ2n) is 1.52. The van der Waals surface area contributed by atoms with E-state index in [9.17, 15) is 24.6 Å². The third-order valence-electron chi connectivity index (χ3n) is 0.827. The highest BCUT2D eigenvalue weighted by atomic mass is 19.2. The molecule has 0 unspecified atom stereocenters. The molecule has 0 aromatic carbocycles. The Morgan fingerprint density at radius 2 is 1.73 bits per heavy atom. The minimum absolute atomic E-state index is 1.76. The van der Waals surface area contributed by atoms with Gasteiger partial charge in [-0.05, 0) is 0 Å². The summed E-state index contributed by atoms with van der Waals surface area (Å²) in [5.41, 5.74) is 4.30. The van der Waals surface area contributed by atoms with Gasteiger partial charge in [-0.1, -0.05) is 4.39 Å². The third-order valence-corrected chi connectivity index (χ3v) is 0.827. The quantitative estimate of drug-likeness (QED) is 0.140. The van der Waals surface area contributed by atoms with E-state index >= 15 is 0 Å². The molecule has 0 saturated carbocycles. The molecule has 0 radical (unpaired) electrons. The molecule has 0 amide bonds. The van der Waals surface area contributed by atoms with E-state index in [4.69, 9.17) is 5.41 Å². The zero-order valence-electron chi connectivity index (χ0n) is 4.98. The molecule has 3 N–H and O–H groups in total. The maximum atomic E-state index is 12.4. The Hall–Kier alpha value is -1.80. The highest BCUT2D eigenvalue weighted by molar-refractivity contribution is 5.82. The van der Waals surface area contributed by atoms with Crippen LogP contribution in [0.3, 0.4) is 0 Å². The van der Waals surface area contributed by atoms with Crippen LogP contribution >= 0.6 is 0 Å². The molecule has 0 atom stereocenters. The molecule has 0 aliphatic heterocycles. The highest BCUT2D eigenvalue weighted by Crippen LogP contribution is 2.11. The zero-order chi connectivity index (χ0) is 9.23. The molecule has 11 heavy (non-hydrogen) atoms. The van der Waals surface area contributed by atoms with Gasteiger partial charge < -0.3 is 5.73 Å². The normalized spacial score (nSPS) is 10.6. The van der Waals surface area contributed by atoms with Gasteiger partial charge in [0.05, 0.1) is 0 Å². The molecular formula is C2H3FN4O4. The summed E-state index contributed by atoms with van der Waals surface area (Å²) in [5, 5.41) is 25.6. The van der Waals surface area contributed by atoms with Gasteiger partial charge in [0.25, 0.3) is 5.84 Å². The second-order valence-corrected chi connectivity index (χ2v) is 1.52. The van der Waals surface area contributed by atoms with E-state index in [-0.39, 0.29) is 0 Å². The molecule has 0 saturated heterocycles. The van der Waals surface area contributed by atoms with E-state index in [0.717, 1.165) is 0 Å². The fraction of sp³-hybridized carbons (Fsp3) is 0.500. The van der Waals surface area contributed by atoms with E-state index in [1.807, 2.05) is 0 Å². The van der Waals surface area contributed by atoms with Crippen LogP contribution in [-0.2, 0) is 0 Å². The van der Waals surface area contributed by atoms with E-state index in [1.165, 1.54) is 0 Å². The number of nitrogens with one attached hydrogen (secondary N) is 1. The van der Waals surface area contributed by atoms with Crippen LogP contribution in [0.15, 0.2) is 0 Å². The molecule has 62 valence electrons. The minimum atomic E-state index is -4.19. The van der Waals surface area contributed by atoms with Crippen LogP contribution in [0, 0.1) is 25.6 Å². The molecule has 0 spiro atoms. The molecular weight excluding hydrogens is 163 g/mol. The molecule has 0 heterocycles. The van der Waals surface area contributed by atoms with Gasteiger partial charge in [-0.15, -0.1) is 0 Å². The Balaban J connectivity index is 4.99. The number of amidine groups is 1. The van der Waals surface area contributed by atoms with E-state index in [1.54, 1.807) is 0 Å². The van der Waals surface area contributed by atoms with Crippen molar-refractivity contribution in [3.63, 3.8) is 0 Å². The molecule has 9 heteroatoms. The van der Waals surface area contributed by atoms with Crippen LogP contribution in [0.4, 0.5) is 4.39 Å². The first kappa shape index (κ1) is 9.20. The predicted octanol–water partition coefficient (Wildman–Crippen LogP) is -0.901.